The first-order valence-corrected chi connectivity index (χ1v) is 9.46. The zero-order valence-corrected chi connectivity index (χ0v) is 15.5. The van der Waals surface area contributed by atoms with E-state index in [0.717, 1.165) is 20.3 Å². The molecule has 2 aromatic heterocycles. The fourth-order valence-electron chi connectivity index (χ4n) is 3.26. The number of benzene rings is 3. The van der Waals surface area contributed by atoms with Crippen molar-refractivity contribution in [2.45, 2.75) is 0 Å². The van der Waals surface area contributed by atoms with Crippen molar-refractivity contribution in [3.8, 4) is 0 Å². The van der Waals surface area contributed by atoms with Gasteiger partial charge in [-0.1, -0.05) is 47.0 Å². The van der Waals surface area contributed by atoms with Gasteiger partial charge < -0.3 is 4.57 Å². The largest absolute Gasteiger partial charge is 0.316 e. The van der Waals surface area contributed by atoms with Crippen LogP contribution in [0.25, 0.3) is 44.3 Å². The van der Waals surface area contributed by atoms with Gasteiger partial charge in [0.05, 0.1) is 15.7 Å². The van der Waals surface area contributed by atoms with Crippen LogP contribution in [0, 0.1) is 0 Å². The first kappa shape index (κ1) is 14.8. The van der Waals surface area contributed by atoms with Gasteiger partial charge >= 0.3 is 0 Å². The summed E-state index contributed by atoms with van der Waals surface area (Å²) < 4.78 is 8.43. The van der Waals surface area contributed by atoms with Crippen LogP contribution in [0.3, 0.4) is 0 Å². The summed E-state index contributed by atoms with van der Waals surface area (Å²) in [6.07, 6.45) is 4.22. The predicted octanol–water partition coefficient (Wildman–Crippen LogP) is 6.19. The van der Waals surface area contributed by atoms with E-state index in [1.807, 2.05) is 6.07 Å². The summed E-state index contributed by atoms with van der Waals surface area (Å²) in [5.74, 6) is 0. The number of halogens is 1. The summed E-state index contributed by atoms with van der Waals surface area (Å²) in [6.45, 7) is 0. The average Bonchev–Trinajstić information content (AvgIpc) is 3.26. The maximum Gasteiger partial charge on any atom is 0.114 e. The fraction of sp³-hybridized carbons (Fsp3) is 0. The second-order valence-corrected chi connectivity index (χ2v) is 7.42. The van der Waals surface area contributed by atoms with Crippen LogP contribution >= 0.6 is 27.5 Å². The molecule has 0 N–H and O–H groups in total. The molecule has 0 saturated carbocycles. The smallest absolute Gasteiger partial charge is 0.114 e. The van der Waals surface area contributed by atoms with Gasteiger partial charge in [0.15, 0.2) is 0 Å². The van der Waals surface area contributed by atoms with E-state index in [9.17, 15) is 0 Å². The van der Waals surface area contributed by atoms with Gasteiger partial charge in [0.1, 0.15) is 5.52 Å². The highest BCUT2D eigenvalue weighted by atomic mass is 79.9. The van der Waals surface area contributed by atoms with Crippen molar-refractivity contribution in [3.05, 3.63) is 70.7 Å². The molecule has 5 rings (SSSR count). The monoisotopic (exact) mass is 405 g/mol. The van der Waals surface area contributed by atoms with Crippen molar-refractivity contribution in [2.75, 3.05) is 0 Å². The van der Waals surface area contributed by atoms with Crippen LogP contribution < -0.4 is 0 Å². The molecule has 0 spiro atoms. The molecule has 0 aliphatic heterocycles. The summed E-state index contributed by atoms with van der Waals surface area (Å²) in [7, 11) is 0. The number of rotatable bonds is 2. The van der Waals surface area contributed by atoms with Crippen molar-refractivity contribution >= 4 is 71.8 Å². The van der Waals surface area contributed by atoms with Crippen LogP contribution in [0.4, 0.5) is 0 Å². The van der Waals surface area contributed by atoms with Crippen molar-refractivity contribution in [1.29, 1.82) is 0 Å². The molecule has 3 nitrogen and oxygen atoms in total. The molecule has 3 aromatic carbocycles. The Labute approximate surface area is 156 Å². The summed E-state index contributed by atoms with van der Waals surface area (Å²) in [4.78, 5) is 0. The molecule has 0 saturated heterocycles. The Hall–Kier alpha value is -2.50. The zero-order valence-electron chi connectivity index (χ0n) is 13.1. The minimum absolute atomic E-state index is 0.927. The lowest BCUT2D eigenvalue weighted by molar-refractivity contribution is 1.20. The van der Waals surface area contributed by atoms with Gasteiger partial charge in [0, 0.05) is 27.0 Å². The van der Waals surface area contributed by atoms with Crippen LogP contribution in [-0.2, 0) is 0 Å². The third-order valence-electron chi connectivity index (χ3n) is 4.41. The van der Waals surface area contributed by atoms with Crippen molar-refractivity contribution in [3.63, 3.8) is 0 Å². The van der Waals surface area contributed by atoms with E-state index < -0.39 is 0 Å². The van der Waals surface area contributed by atoms with E-state index in [1.165, 1.54) is 33.3 Å². The quantitative estimate of drug-likeness (QED) is 0.350. The maximum atomic E-state index is 4.28. The summed E-state index contributed by atoms with van der Waals surface area (Å²) in [6, 6.07) is 21.1. The van der Waals surface area contributed by atoms with Crippen LogP contribution in [-0.4, -0.2) is 14.2 Å². The normalized spacial score (nSPS) is 12.0. The lowest BCUT2D eigenvalue weighted by Gasteiger charge is -2.01. The molecule has 0 aliphatic carbocycles. The molecule has 5 aromatic rings. The number of hydrogen-bond acceptors (Lipinski definition) is 3. The molecule has 25 heavy (non-hydrogen) atoms. The van der Waals surface area contributed by atoms with Gasteiger partial charge in [-0.2, -0.15) is 0 Å². The Kier molecular flexibility index (Phi) is 3.43. The number of fused-ring (bicyclic) bond motifs is 4. The van der Waals surface area contributed by atoms with Gasteiger partial charge in [-0.15, -0.1) is 5.10 Å². The molecule has 0 amide bonds. The van der Waals surface area contributed by atoms with Gasteiger partial charge in [-0.05, 0) is 51.7 Å². The number of hydrogen-bond donors (Lipinski definition) is 0. The third kappa shape index (κ3) is 2.31. The van der Waals surface area contributed by atoms with Gasteiger partial charge in [0.2, 0.25) is 0 Å². The lowest BCUT2D eigenvalue weighted by Crippen LogP contribution is -1.86. The minimum atomic E-state index is 0.927. The van der Waals surface area contributed by atoms with Crippen LogP contribution in [0.5, 0.6) is 0 Å². The van der Waals surface area contributed by atoms with E-state index >= 15 is 0 Å². The van der Waals surface area contributed by atoms with Gasteiger partial charge in [-0.3, -0.25) is 0 Å². The molecule has 0 bridgehead atoms. The zero-order chi connectivity index (χ0) is 16.8. The highest BCUT2D eigenvalue weighted by Gasteiger charge is 2.09. The first-order chi connectivity index (χ1) is 12.3. The standard InChI is InChI=1S/C20H12BrN3S/c21-16-10-9-13(19-20(16)25-23-22-19)11-12-24-17-7-3-1-5-14(17)15-6-2-4-8-18(15)24/h1-12H/b12-11+. The predicted molar refractivity (Wildman–Crippen MR) is 110 cm³/mol. The molecule has 2 heterocycles. The maximum absolute atomic E-state index is 4.28. The molecular formula is C20H12BrN3S. The summed E-state index contributed by atoms with van der Waals surface area (Å²) in [5, 5.41) is 6.81. The van der Waals surface area contributed by atoms with Crippen molar-refractivity contribution in [1.82, 2.24) is 14.2 Å². The Morgan fingerprint density at radius 3 is 2.28 bits per heavy atom. The first-order valence-electron chi connectivity index (χ1n) is 7.89. The highest BCUT2D eigenvalue weighted by molar-refractivity contribution is 9.10. The topological polar surface area (TPSA) is 30.7 Å². The Balaban J connectivity index is 1.74. The second-order valence-electron chi connectivity index (χ2n) is 5.81. The molecule has 0 unspecified atom stereocenters. The van der Waals surface area contributed by atoms with Crippen molar-refractivity contribution in [2.24, 2.45) is 0 Å². The highest BCUT2D eigenvalue weighted by Crippen LogP contribution is 2.31. The van der Waals surface area contributed by atoms with E-state index in [-0.39, 0.29) is 0 Å². The van der Waals surface area contributed by atoms with E-state index in [0.29, 0.717) is 0 Å². The molecule has 0 radical (unpaired) electrons. The average molecular weight is 406 g/mol. The van der Waals surface area contributed by atoms with E-state index in [2.05, 4.69) is 97.0 Å². The number of nitrogens with zero attached hydrogens (tertiary/aromatic N) is 3. The number of para-hydroxylation sites is 2. The number of aromatic nitrogens is 3. The van der Waals surface area contributed by atoms with Crippen LogP contribution in [0.15, 0.2) is 65.1 Å². The van der Waals surface area contributed by atoms with Crippen LogP contribution in [0.2, 0.25) is 0 Å². The molecule has 0 aliphatic rings. The Bertz CT molecular complexity index is 1210. The summed E-state index contributed by atoms with van der Waals surface area (Å²) in [5.41, 5.74) is 4.39. The molecule has 120 valence electrons. The van der Waals surface area contributed by atoms with Crippen molar-refractivity contribution < 1.29 is 0 Å². The van der Waals surface area contributed by atoms with Gasteiger partial charge in [-0.25, -0.2) is 0 Å². The van der Waals surface area contributed by atoms with Gasteiger partial charge in [0.25, 0.3) is 0 Å². The third-order valence-corrected chi connectivity index (χ3v) is 6.09. The molecule has 0 fully saturated rings. The molecular weight excluding hydrogens is 394 g/mol. The Morgan fingerprint density at radius 2 is 1.56 bits per heavy atom. The van der Waals surface area contributed by atoms with E-state index in [4.69, 9.17) is 0 Å². The van der Waals surface area contributed by atoms with E-state index in [1.54, 1.807) is 0 Å². The lowest BCUT2D eigenvalue weighted by atomic mass is 10.2. The van der Waals surface area contributed by atoms with Crippen LogP contribution in [0.1, 0.15) is 5.56 Å². The molecule has 5 heteroatoms. The molecule has 0 atom stereocenters. The fourth-order valence-corrected chi connectivity index (χ4v) is 4.40. The Morgan fingerprint density at radius 1 is 0.880 bits per heavy atom. The summed E-state index contributed by atoms with van der Waals surface area (Å²) >= 11 is 4.97. The second kappa shape index (κ2) is 5.79. The SMILES string of the molecule is Brc1ccc(/C=C/n2c3ccccc3c3ccccc32)c2nnsc12. The minimum Gasteiger partial charge on any atom is -0.316 e.